The smallest absolute Gasteiger partial charge is 0.335 e. The molecule has 0 atom stereocenters. The number of aromatic nitrogens is 4. The van der Waals surface area contributed by atoms with Crippen LogP contribution in [0.2, 0.25) is 0 Å². The van der Waals surface area contributed by atoms with E-state index in [1.165, 1.54) is 12.1 Å². The van der Waals surface area contributed by atoms with Crippen LogP contribution >= 0.6 is 0 Å². The summed E-state index contributed by atoms with van der Waals surface area (Å²) in [4.78, 5) is 32.1. The van der Waals surface area contributed by atoms with Crippen LogP contribution in [0.15, 0.2) is 48.7 Å². The molecule has 0 bridgehead atoms. The van der Waals surface area contributed by atoms with Crippen LogP contribution in [0.5, 0.6) is 0 Å². The fraction of sp³-hybridized carbons (Fsp3) is 0.0952. The number of carbonyl (C=O) groups excluding carboxylic acids is 1. The molecule has 9 nitrogen and oxygen atoms in total. The van der Waals surface area contributed by atoms with Crippen molar-refractivity contribution in [2.45, 2.75) is 12.8 Å². The molecule has 9 heteroatoms. The van der Waals surface area contributed by atoms with Crippen LogP contribution in [-0.2, 0) is 11.2 Å². The van der Waals surface area contributed by atoms with Gasteiger partial charge in [0.15, 0.2) is 11.6 Å². The number of nitrogens with one attached hydrogen (secondary N) is 3. The Morgan fingerprint density at radius 3 is 2.87 bits per heavy atom. The summed E-state index contributed by atoms with van der Waals surface area (Å²) in [6, 6.07) is 12.2. The number of aryl methyl sites for hydroxylation is 1. The van der Waals surface area contributed by atoms with Gasteiger partial charge >= 0.3 is 5.97 Å². The van der Waals surface area contributed by atoms with Crippen molar-refractivity contribution in [3.8, 4) is 11.4 Å². The topological polar surface area (TPSA) is 133 Å². The average molecular weight is 400 g/mol. The van der Waals surface area contributed by atoms with E-state index in [4.69, 9.17) is 0 Å². The lowest BCUT2D eigenvalue weighted by Crippen LogP contribution is -2.18. The van der Waals surface area contributed by atoms with E-state index in [9.17, 15) is 14.7 Å². The molecule has 0 fully saturated rings. The highest BCUT2D eigenvalue weighted by Gasteiger charge is 2.17. The molecule has 3 heterocycles. The fourth-order valence-electron chi connectivity index (χ4n) is 3.44. The predicted molar refractivity (Wildman–Crippen MR) is 111 cm³/mol. The van der Waals surface area contributed by atoms with Gasteiger partial charge in [-0.25, -0.2) is 14.8 Å². The van der Waals surface area contributed by atoms with E-state index in [0.717, 1.165) is 16.9 Å². The number of aromatic amines is 1. The van der Waals surface area contributed by atoms with E-state index in [1.807, 2.05) is 18.2 Å². The molecule has 1 aliphatic heterocycles. The van der Waals surface area contributed by atoms with Crippen LogP contribution in [0, 0.1) is 0 Å². The van der Waals surface area contributed by atoms with Gasteiger partial charge in [0, 0.05) is 23.4 Å². The summed E-state index contributed by atoms with van der Waals surface area (Å²) in [6.07, 6.45) is 2.78. The normalized spacial score (nSPS) is 13.0. The summed E-state index contributed by atoms with van der Waals surface area (Å²) in [5.41, 5.74) is 4.56. The third-order valence-electron chi connectivity index (χ3n) is 4.94. The van der Waals surface area contributed by atoms with Crippen molar-refractivity contribution in [2.24, 2.45) is 0 Å². The number of hydrogen-bond acceptors (Lipinski definition) is 6. The zero-order valence-electron chi connectivity index (χ0n) is 15.6. The molecule has 0 aliphatic carbocycles. The minimum atomic E-state index is -1.02. The number of rotatable bonds is 4. The molecule has 30 heavy (non-hydrogen) atoms. The predicted octanol–water partition coefficient (Wildman–Crippen LogP) is 3.35. The molecule has 0 radical (unpaired) electrons. The molecule has 0 saturated heterocycles. The van der Waals surface area contributed by atoms with Crippen LogP contribution in [0.25, 0.3) is 22.4 Å². The first-order valence-electron chi connectivity index (χ1n) is 9.31. The number of nitrogens with zero attached hydrogens (tertiary/aromatic N) is 3. The third-order valence-corrected chi connectivity index (χ3v) is 4.94. The molecular formula is C21H16N6O3. The van der Waals surface area contributed by atoms with Crippen LogP contribution in [0.1, 0.15) is 22.3 Å². The number of aromatic carboxylic acids is 1. The van der Waals surface area contributed by atoms with Gasteiger partial charge < -0.3 is 15.7 Å². The molecule has 148 valence electrons. The van der Waals surface area contributed by atoms with Gasteiger partial charge in [0.05, 0.1) is 11.8 Å². The summed E-state index contributed by atoms with van der Waals surface area (Å²) in [5, 5.41) is 22.3. The van der Waals surface area contributed by atoms with Gasteiger partial charge in [-0.3, -0.25) is 9.89 Å². The molecule has 5 rings (SSSR count). The first-order valence-corrected chi connectivity index (χ1v) is 9.31. The van der Waals surface area contributed by atoms with Gasteiger partial charge in [-0.2, -0.15) is 5.10 Å². The number of H-pyrrole nitrogens is 1. The highest BCUT2D eigenvalue weighted by atomic mass is 16.4. The third kappa shape index (κ3) is 3.22. The SMILES string of the molecule is O=C1CCc2ccc(Nc3nc(-c4cccc(C(=O)O)c4)nc4cn[nH]c34)cc2N1. The second kappa shape index (κ2) is 6.96. The summed E-state index contributed by atoms with van der Waals surface area (Å²) in [7, 11) is 0. The first-order chi connectivity index (χ1) is 14.6. The van der Waals surface area contributed by atoms with Crippen LogP contribution in [-0.4, -0.2) is 37.1 Å². The lowest BCUT2D eigenvalue weighted by Gasteiger charge is -2.18. The quantitative estimate of drug-likeness (QED) is 0.413. The Bertz CT molecular complexity index is 1310. The monoisotopic (exact) mass is 400 g/mol. The molecule has 1 aliphatic rings. The summed E-state index contributed by atoms with van der Waals surface area (Å²) in [6.45, 7) is 0. The molecule has 4 aromatic rings. The molecule has 4 N–H and O–H groups in total. The van der Waals surface area contributed by atoms with Gasteiger partial charge in [0.25, 0.3) is 0 Å². The minimum Gasteiger partial charge on any atom is -0.478 e. The number of hydrogen-bond donors (Lipinski definition) is 4. The average Bonchev–Trinajstić information content (AvgIpc) is 3.22. The van der Waals surface area contributed by atoms with Gasteiger partial charge in [-0.1, -0.05) is 18.2 Å². The van der Waals surface area contributed by atoms with E-state index in [0.29, 0.717) is 41.1 Å². The van der Waals surface area contributed by atoms with Gasteiger partial charge in [0.2, 0.25) is 5.91 Å². The maximum Gasteiger partial charge on any atom is 0.335 e. The maximum absolute atomic E-state index is 11.7. The highest BCUT2D eigenvalue weighted by molar-refractivity contribution is 5.95. The van der Waals surface area contributed by atoms with Crippen molar-refractivity contribution in [3.05, 3.63) is 59.8 Å². The lowest BCUT2D eigenvalue weighted by atomic mass is 10.0. The molecule has 2 aromatic heterocycles. The van der Waals surface area contributed by atoms with Crippen molar-refractivity contribution < 1.29 is 14.7 Å². The van der Waals surface area contributed by atoms with Crippen LogP contribution < -0.4 is 10.6 Å². The van der Waals surface area contributed by atoms with Gasteiger partial charge in [-0.15, -0.1) is 0 Å². The number of anilines is 3. The number of benzene rings is 2. The van der Waals surface area contributed by atoms with Gasteiger partial charge in [0.1, 0.15) is 11.0 Å². The number of carboxylic acid groups (broad SMARTS) is 1. The Balaban J connectivity index is 1.56. The largest absolute Gasteiger partial charge is 0.478 e. The number of carbonyl (C=O) groups is 2. The summed E-state index contributed by atoms with van der Waals surface area (Å²) < 4.78 is 0. The molecule has 2 aromatic carbocycles. The van der Waals surface area contributed by atoms with Crippen molar-refractivity contribution in [1.82, 2.24) is 20.2 Å². The lowest BCUT2D eigenvalue weighted by molar-refractivity contribution is -0.116. The Labute approximate surface area is 170 Å². The Morgan fingerprint density at radius 2 is 2.00 bits per heavy atom. The molecule has 0 spiro atoms. The molecular weight excluding hydrogens is 384 g/mol. The Kier molecular flexibility index (Phi) is 4.13. The van der Waals surface area contributed by atoms with E-state index in [-0.39, 0.29) is 11.5 Å². The van der Waals surface area contributed by atoms with E-state index < -0.39 is 5.97 Å². The number of fused-ring (bicyclic) bond motifs is 2. The van der Waals surface area contributed by atoms with Crippen LogP contribution in [0.4, 0.5) is 17.2 Å². The van der Waals surface area contributed by atoms with E-state index in [2.05, 4.69) is 30.8 Å². The zero-order chi connectivity index (χ0) is 20.7. The summed E-state index contributed by atoms with van der Waals surface area (Å²) in [5.74, 6) is -0.148. The van der Waals surface area contributed by atoms with Gasteiger partial charge in [-0.05, 0) is 36.2 Å². The van der Waals surface area contributed by atoms with Crippen molar-refractivity contribution in [2.75, 3.05) is 10.6 Å². The number of amides is 1. The maximum atomic E-state index is 11.7. The standard InChI is InChI=1S/C21H16N6O3/c28-17-7-5-11-4-6-14(9-15(11)24-17)23-20-18-16(10-22-27-18)25-19(26-20)12-2-1-3-13(8-12)21(29)30/h1-4,6,8-10H,5,7H2,(H,22,27)(H,24,28)(H,29,30)(H,23,25,26). The molecule has 0 unspecified atom stereocenters. The minimum absolute atomic E-state index is 0.00163. The second-order valence-corrected chi connectivity index (χ2v) is 6.96. The second-order valence-electron chi connectivity index (χ2n) is 6.96. The molecule has 1 amide bonds. The van der Waals surface area contributed by atoms with Crippen molar-refractivity contribution in [1.29, 1.82) is 0 Å². The van der Waals surface area contributed by atoms with E-state index in [1.54, 1.807) is 18.3 Å². The first kappa shape index (κ1) is 17.8. The van der Waals surface area contributed by atoms with E-state index >= 15 is 0 Å². The zero-order valence-corrected chi connectivity index (χ0v) is 15.6. The van der Waals surface area contributed by atoms with Crippen molar-refractivity contribution in [3.63, 3.8) is 0 Å². The molecule has 0 saturated carbocycles. The Hall–Kier alpha value is -4.27. The fourth-order valence-corrected chi connectivity index (χ4v) is 3.44. The number of carboxylic acids is 1. The highest BCUT2D eigenvalue weighted by Crippen LogP contribution is 2.30. The van der Waals surface area contributed by atoms with Crippen LogP contribution in [0.3, 0.4) is 0 Å². The Morgan fingerprint density at radius 1 is 1.10 bits per heavy atom. The summed E-state index contributed by atoms with van der Waals surface area (Å²) >= 11 is 0. The van der Waals surface area contributed by atoms with Crippen molar-refractivity contribution >= 4 is 40.1 Å².